The summed E-state index contributed by atoms with van der Waals surface area (Å²) in [4.78, 5) is 21.3. The molecule has 124 valence electrons. The normalized spacial score (nSPS) is 12.1. The van der Waals surface area contributed by atoms with Crippen LogP contribution in [0.3, 0.4) is 0 Å². The quantitative estimate of drug-likeness (QED) is 0.365. The molecule has 21 heavy (non-hydrogen) atoms. The third-order valence-electron chi connectivity index (χ3n) is 2.55. The summed E-state index contributed by atoms with van der Waals surface area (Å²) in [7, 11) is 0. The maximum Gasteiger partial charge on any atom is 0.329 e. The highest BCUT2D eigenvalue weighted by molar-refractivity contribution is 5.77. The molecule has 0 aliphatic rings. The molecule has 4 N–H and O–H groups in total. The van der Waals surface area contributed by atoms with Gasteiger partial charge in [0.2, 0.25) is 5.91 Å². The van der Waals surface area contributed by atoms with E-state index in [1.165, 1.54) is 0 Å². The highest BCUT2D eigenvalue weighted by Crippen LogP contribution is 2.01. The molecule has 1 amide bonds. The van der Waals surface area contributed by atoms with Crippen molar-refractivity contribution in [1.29, 1.82) is 0 Å². The molecule has 1 unspecified atom stereocenters. The van der Waals surface area contributed by atoms with Gasteiger partial charge in [-0.1, -0.05) is 6.92 Å². The minimum absolute atomic E-state index is 0.171. The van der Waals surface area contributed by atoms with Crippen molar-refractivity contribution in [3.8, 4) is 0 Å². The smallest absolute Gasteiger partial charge is 0.329 e. The van der Waals surface area contributed by atoms with E-state index in [0.29, 0.717) is 32.9 Å². The summed E-state index contributed by atoms with van der Waals surface area (Å²) in [5.74, 6) is -1.48. The molecule has 0 bridgehead atoms. The zero-order chi connectivity index (χ0) is 15.9. The Balaban J connectivity index is 3.35. The van der Waals surface area contributed by atoms with Crippen LogP contribution in [0.4, 0.5) is 0 Å². The van der Waals surface area contributed by atoms with Crippen molar-refractivity contribution in [2.75, 3.05) is 46.1 Å². The molecule has 0 heterocycles. The van der Waals surface area contributed by atoms with Gasteiger partial charge in [0.15, 0.2) is 0 Å². The van der Waals surface area contributed by atoms with Gasteiger partial charge in [-0.15, -0.1) is 0 Å². The first-order chi connectivity index (χ1) is 10.1. The number of amides is 1. The molecule has 1 atom stereocenters. The summed E-state index contributed by atoms with van der Waals surface area (Å²) >= 11 is 0. The average molecular weight is 306 g/mol. The molecule has 0 radical (unpaired) electrons. The predicted octanol–water partition coefficient (Wildman–Crippen LogP) is -0.636. The first-order valence-electron chi connectivity index (χ1n) is 7.05. The third kappa shape index (κ3) is 13.5. The summed E-state index contributed by atoms with van der Waals surface area (Å²) in [6.07, 6.45) is 1.93. The molecule has 0 aliphatic heterocycles. The number of aliphatic carboxylic acids is 1. The van der Waals surface area contributed by atoms with Gasteiger partial charge in [0, 0.05) is 6.54 Å². The van der Waals surface area contributed by atoms with E-state index in [-0.39, 0.29) is 18.6 Å². The molecular weight excluding hydrogens is 280 g/mol. The second-order valence-electron chi connectivity index (χ2n) is 4.33. The van der Waals surface area contributed by atoms with Crippen LogP contribution in [-0.2, 0) is 23.8 Å². The number of hydrogen-bond acceptors (Lipinski definition) is 6. The van der Waals surface area contributed by atoms with Gasteiger partial charge in [-0.25, -0.2) is 4.79 Å². The minimum Gasteiger partial charge on any atom is -0.480 e. The van der Waals surface area contributed by atoms with Crippen LogP contribution in [0.2, 0.25) is 0 Å². The Morgan fingerprint density at radius 3 is 2.57 bits per heavy atom. The van der Waals surface area contributed by atoms with E-state index >= 15 is 0 Å². The zero-order valence-electron chi connectivity index (χ0n) is 12.5. The molecule has 0 aromatic heterocycles. The Morgan fingerprint density at radius 2 is 1.95 bits per heavy atom. The Kier molecular flexibility index (Phi) is 13.0. The molecular formula is C13H26N2O6. The molecule has 8 nitrogen and oxygen atoms in total. The van der Waals surface area contributed by atoms with Gasteiger partial charge in [0.1, 0.15) is 13.2 Å². The number of carboxylic acid groups (broad SMARTS) is 1. The van der Waals surface area contributed by atoms with E-state index in [9.17, 15) is 9.59 Å². The number of rotatable bonds is 14. The fraction of sp³-hybridized carbons (Fsp3) is 0.846. The fourth-order valence-electron chi connectivity index (χ4n) is 1.51. The zero-order valence-corrected chi connectivity index (χ0v) is 12.5. The number of nitrogens with two attached hydrogens (primary N) is 1. The van der Waals surface area contributed by atoms with Crippen molar-refractivity contribution in [2.45, 2.75) is 25.9 Å². The molecule has 8 heteroatoms. The van der Waals surface area contributed by atoms with E-state index in [0.717, 1.165) is 12.8 Å². The summed E-state index contributed by atoms with van der Waals surface area (Å²) < 4.78 is 15.5. The van der Waals surface area contributed by atoms with Gasteiger partial charge >= 0.3 is 5.97 Å². The van der Waals surface area contributed by atoms with Crippen LogP contribution in [0.1, 0.15) is 19.8 Å². The van der Waals surface area contributed by atoms with Crippen LogP contribution in [-0.4, -0.2) is 69.2 Å². The van der Waals surface area contributed by atoms with E-state index in [1.54, 1.807) is 0 Å². The molecule has 0 saturated carbocycles. The monoisotopic (exact) mass is 306 g/mol. The van der Waals surface area contributed by atoms with Crippen molar-refractivity contribution < 1.29 is 28.9 Å². The van der Waals surface area contributed by atoms with Crippen LogP contribution < -0.4 is 11.1 Å². The van der Waals surface area contributed by atoms with Crippen molar-refractivity contribution in [3.63, 3.8) is 0 Å². The van der Waals surface area contributed by atoms with Crippen LogP contribution in [0.15, 0.2) is 0 Å². The molecule has 0 aromatic carbocycles. The number of hydrogen-bond donors (Lipinski definition) is 3. The van der Waals surface area contributed by atoms with Crippen LogP contribution in [0, 0.1) is 0 Å². The lowest BCUT2D eigenvalue weighted by atomic mass is 10.2. The van der Waals surface area contributed by atoms with E-state index in [4.69, 9.17) is 20.3 Å². The Morgan fingerprint density at radius 1 is 1.19 bits per heavy atom. The number of carboxylic acids is 1. The standard InChI is InChI=1S/C13H26N2O6/c1-2-11(3-4-14)21-8-7-19-6-5-15-12(16)9-20-10-13(17)18/h11H,2-10,14H2,1H3,(H,15,16)(H,17,18). The van der Waals surface area contributed by atoms with Crippen LogP contribution in [0.5, 0.6) is 0 Å². The summed E-state index contributed by atoms with van der Waals surface area (Å²) in [5.41, 5.74) is 5.46. The van der Waals surface area contributed by atoms with Gasteiger partial charge in [-0.05, 0) is 19.4 Å². The Labute approximate surface area is 124 Å². The number of carbonyl (C=O) groups is 2. The number of carbonyl (C=O) groups excluding carboxylic acids is 1. The molecule has 0 rings (SSSR count). The van der Waals surface area contributed by atoms with Crippen LogP contribution in [0.25, 0.3) is 0 Å². The Hall–Kier alpha value is -1.22. The van der Waals surface area contributed by atoms with Crippen molar-refractivity contribution >= 4 is 11.9 Å². The Bertz CT molecular complexity index is 288. The average Bonchev–Trinajstić information content (AvgIpc) is 2.44. The summed E-state index contributed by atoms with van der Waals surface area (Å²) in [5, 5.41) is 10.9. The lowest BCUT2D eigenvalue weighted by Crippen LogP contribution is -2.31. The van der Waals surface area contributed by atoms with E-state index in [1.807, 2.05) is 6.92 Å². The second-order valence-corrected chi connectivity index (χ2v) is 4.33. The maximum atomic E-state index is 11.2. The van der Waals surface area contributed by atoms with Crippen LogP contribution >= 0.6 is 0 Å². The minimum atomic E-state index is -1.11. The fourth-order valence-corrected chi connectivity index (χ4v) is 1.51. The third-order valence-corrected chi connectivity index (χ3v) is 2.55. The highest BCUT2D eigenvalue weighted by atomic mass is 16.5. The first-order valence-corrected chi connectivity index (χ1v) is 7.05. The molecule has 0 fully saturated rings. The predicted molar refractivity (Wildman–Crippen MR) is 76.0 cm³/mol. The van der Waals surface area contributed by atoms with E-state index in [2.05, 4.69) is 10.1 Å². The highest BCUT2D eigenvalue weighted by Gasteiger charge is 2.05. The second kappa shape index (κ2) is 13.7. The summed E-state index contributed by atoms with van der Waals surface area (Å²) in [6.45, 7) is 3.55. The summed E-state index contributed by atoms with van der Waals surface area (Å²) in [6, 6.07) is 0. The molecule has 0 saturated heterocycles. The van der Waals surface area contributed by atoms with Gasteiger partial charge in [-0.2, -0.15) is 0 Å². The number of nitrogens with one attached hydrogen (secondary N) is 1. The molecule has 0 aromatic rings. The van der Waals surface area contributed by atoms with Crippen molar-refractivity contribution in [3.05, 3.63) is 0 Å². The first kappa shape index (κ1) is 19.8. The molecule has 0 aliphatic carbocycles. The van der Waals surface area contributed by atoms with Gasteiger partial charge < -0.3 is 30.4 Å². The number of ether oxygens (including phenoxy) is 3. The largest absolute Gasteiger partial charge is 0.480 e. The SMILES string of the molecule is CCC(CCN)OCCOCCNC(=O)COCC(=O)O. The molecule has 0 spiro atoms. The van der Waals surface area contributed by atoms with Gasteiger partial charge in [0.05, 0.1) is 25.9 Å². The lowest BCUT2D eigenvalue weighted by Gasteiger charge is -2.15. The van der Waals surface area contributed by atoms with E-state index < -0.39 is 12.6 Å². The van der Waals surface area contributed by atoms with Crippen molar-refractivity contribution in [1.82, 2.24) is 5.32 Å². The topological polar surface area (TPSA) is 120 Å². The maximum absolute atomic E-state index is 11.2. The van der Waals surface area contributed by atoms with Crippen molar-refractivity contribution in [2.24, 2.45) is 5.73 Å². The van der Waals surface area contributed by atoms with Gasteiger partial charge in [0.25, 0.3) is 0 Å². The van der Waals surface area contributed by atoms with Gasteiger partial charge in [-0.3, -0.25) is 4.79 Å². The lowest BCUT2D eigenvalue weighted by molar-refractivity contribution is -0.143.